The summed E-state index contributed by atoms with van der Waals surface area (Å²) < 4.78 is 6.79. The minimum atomic E-state index is -0.496. The number of aromatic nitrogens is 4. The molecule has 4 aromatic rings. The van der Waals surface area contributed by atoms with E-state index in [1.807, 2.05) is 41.3 Å². The van der Waals surface area contributed by atoms with Crippen molar-refractivity contribution in [3.63, 3.8) is 0 Å². The number of nitro groups is 1. The molecule has 33 heavy (non-hydrogen) atoms. The molecule has 0 unspecified atom stereocenters. The third-order valence-corrected chi connectivity index (χ3v) is 6.08. The molecule has 166 valence electrons. The first-order chi connectivity index (χ1) is 16.1. The van der Waals surface area contributed by atoms with Crippen LogP contribution >= 0.6 is 15.9 Å². The van der Waals surface area contributed by atoms with Gasteiger partial charge in [-0.3, -0.25) is 15.1 Å². The number of ether oxygens (including phenoxy) is 1. The van der Waals surface area contributed by atoms with Crippen molar-refractivity contribution in [1.82, 2.24) is 19.9 Å². The van der Waals surface area contributed by atoms with Crippen LogP contribution in [0.3, 0.4) is 0 Å². The Morgan fingerprint density at radius 1 is 0.909 bits per heavy atom. The number of piperazine rings is 1. The van der Waals surface area contributed by atoms with Crippen LogP contribution in [0.4, 0.5) is 17.3 Å². The zero-order valence-electron chi connectivity index (χ0n) is 17.3. The summed E-state index contributed by atoms with van der Waals surface area (Å²) in [5.74, 6) is 1.38. The van der Waals surface area contributed by atoms with Crippen molar-refractivity contribution in [2.75, 3.05) is 36.0 Å². The minimum Gasteiger partial charge on any atom is -0.431 e. The molecular formula is C22H18BrN7O3. The van der Waals surface area contributed by atoms with E-state index < -0.39 is 4.92 Å². The van der Waals surface area contributed by atoms with Crippen molar-refractivity contribution in [1.29, 1.82) is 0 Å². The van der Waals surface area contributed by atoms with Gasteiger partial charge in [-0.2, -0.15) is 4.98 Å². The van der Waals surface area contributed by atoms with E-state index in [0.717, 1.165) is 15.7 Å². The molecule has 3 aromatic heterocycles. The fourth-order valence-electron chi connectivity index (χ4n) is 3.81. The second-order valence-electron chi connectivity index (χ2n) is 7.32. The van der Waals surface area contributed by atoms with E-state index in [0.29, 0.717) is 37.4 Å². The van der Waals surface area contributed by atoms with Gasteiger partial charge in [0.2, 0.25) is 5.82 Å². The SMILES string of the molecule is O=[N+]([O-])c1c(Oc2ccc(Br)c3cccnc23)ncnc1N1CCN(c2ccccn2)CC1. The molecule has 0 atom stereocenters. The lowest BCUT2D eigenvalue weighted by molar-refractivity contribution is -0.385. The quantitative estimate of drug-likeness (QED) is 0.289. The molecular weight excluding hydrogens is 490 g/mol. The maximum Gasteiger partial charge on any atom is 0.373 e. The van der Waals surface area contributed by atoms with E-state index in [4.69, 9.17) is 4.74 Å². The van der Waals surface area contributed by atoms with Gasteiger partial charge in [-0.25, -0.2) is 9.97 Å². The molecule has 0 bridgehead atoms. The first kappa shape index (κ1) is 21.0. The normalized spacial score (nSPS) is 13.8. The molecule has 1 aliphatic rings. The summed E-state index contributed by atoms with van der Waals surface area (Å²) in [7, 11) is 0. The monoisotopic (exact) mass is 507 g/mol. The van der Waals surface area contributed by atoms with Crippen molar-refractivity contribution >= 4 is 44.2 Å². The Labute approximate surface area is 197 Å². The summed E-state index contributed by atoms with van der Waals surface area (Å²) in [4.78, 5) is 32.6. The maximum atomic E-state index is 12.1. The van der Waals surface area contributed by atoms with Gasteiger partial charge in [-0.15, -0.1) is 0 Å². The highest BCUT2D eigenvalue weighted by Crippen LogP contribution is 2.39. The van der Waals surface area contributed by atoms with Crippen LogP contribution in [0.15, 0.2) is 65.7 Å². The first-order valence-electron chi connectivity index (χ1n) is 10.2. The Morgan fingerprint density at radius 2 is 1.70 bits per heavy atom. The van der Waals surface area contributed by atoms with Crippen molar-refractivity contribution in [2.45, 2.75) is 0 Å². The van der Waals surface area contributed by atoms with Crippen molar-refractivity contribution in [3.05, 3.63) is 75.8 Å². The smallest absolute Gasteiger partial charge is 0.373 e. The Bertz CT molecular complexity index is 1310. The summed E-state index contributed by atoms with van der Waals surface area (Å²) >= 11 is 3.50. The number of halogens is 1. The number of anilines is 2. The van der Waals surface area contributed by atoms with Gasteiger partial charge in [0.05, 0.1) is 4.92 Å². The average Bonchev–Trinajstić information content (AvgIpc) is 2.86. The molecule has 5 rings (SSSR count). The summed E-state index contributed by atoms with van der Waals surface area (Å²) in [5.41, 5.74) is 0.307. The number of nitrogens with zero attached hydrogens (tertiary/aromatic N) is 7. The van der Waals surface area contributed by atoms with Crippen LogP contribution in [-0.2, 0) is 0 Å². The third-order valence-electron chi connectivity index (χ3n) is 5.39. The lowest BCUT2D eigenvalue weighted by atomic mass is 10.2. The van der Waals surface area contributed by atoms with Crippen LogP contribution in [0, 0.1) is 10.1 Å². The number of fused-ring (bicyclic) bond motifs is 1. The van der Waals surface area contributed by atoms with Gasteiger partial charge in [0.15, 0.2) is 5.75 Å². The fraction of sp³-hybridized carbons (Fsp3) is 0.182. The molecule has 11 heteroatoms. The van der Waals surface area contributed by atoms with Crippen LogP contribution in [-0.4, -0.2) is 51.0 Å². The molecule has 0 amide bonds. The molecule has 1 aromatic carbocycles. The van der Waals surface area contributed by atoms with Crippen LogP contribution < -0.4 is 14.5 Å². The molecule has 1 fully saturated rings. The van der Waals surface area contributed by atoms with Gasteiger partial charge in [0, 0.05) is 48.4 Å². The standard InChI is InChI=1S/C22H18BrN7O3/c23-16-6-7-17(19-15(16)4-3-9-25-19)33-22-20(30(31)32)21(26-14-27-22)29-12-10-28(11-13-29)18-5-1-2-8-24-18/h1-9,14H,10-13H2. The van der Waals surface area contributed by atoms with Gasteiger partial charge in [0.25, 0.3) is 0 Å². The average molecular weight is 508 g/mol. The molecule has 0 spiro atoms. The zero-order valence-corrected chi connectivity index (χ0v) is 18.9. The van der Waals surface area contributed by atoms with Crippen LogP contribution in [0.1, 0.15) is 0 Å². The van der Waals surface area contributed by atoms with Crippen LogP contribution in [0.5, 0.6) is 11.6 Å². The lowest BCUT2D eigenvalue weighted by Gasteiger charge is -2.35. The summed E-state index contributed by atoms with van der Waals surface area (Å²) in [6.45, 7) is 2.43. The summed E-state index contributed by atoms with van der Waals surface area (Å²) in [5, 5.41) is 12.9. The van der Waals surface area contributed by atoms with Crippen molar-refractivity contribution in [3.8, 4) is 11.6 Å². The van der Waals surface area contributed by atoms with Gasteiger partial charge in [-0.1, -0.05) is 28.1 Å². The van der Waals surface area contributed by atoms with Gasteiger partial charge < -0.3 is 14.5 Å². The van der Waals surface area contributed by atoms with Gasteiger partial charge >= 0.3 is 11.6 Å². The maximum absolute atomic E-state index is 12.1. The molecule has 10 nitrogen and oxygen atoms in total. The predicted molar refractivity (Wildman–Crippen MR) is 127 cm³/mol. The molecule has 0 saturated carbocycles. The largest absolute Gasteiger partial charge is 0.431 e. The van der Waals surface area contributed by atoms with Crippen molar-refractivity contribution in [2.24, 2.45) is 0 Å². The Hall–Kier alpha value is -3.86. The third kappa shape index (κ3) is 4.14. The van der Waals surface area contributed by atoms with E-state index in [-0.39, 0.29) is 17.4 Å². The highest BCUT2D eigenvalue weighted by molar-refractivity contribution is 9.10. The second-order valence-corrected chi connectivity index (χ2v) is 8.17. The Balaban J connectivity index is 1.45. The number of hydrogen-bond acceptors (Lipinski definition) is 9. The van der Waals surface area contributed by atoms with E-state index >= 15 is 0 Å². The van der Waals surface area contributed by atoms with E-state index in [9.17, 15) is 10.1 Å². The fourth-order valence-corrected chi connectivity index (χ4v) is 4.26. The molecule has 1 aliphatic heterocycles. The molecule has 1 saturated heterocycles. The Morgan fingerprint density at radius 3 is 2.45 bits per heavy atom. The van der Waals surface area contributed by atoms with Crippen molar-refractivity contribution < 1.29 is 9.66 Å². The van der Waals surface area contributed by atoms with Gasteiger partial charge in [0.1, 0.15) is 17.7 Å². The topological polar surface area (TPSA) is 110 Å². The molecule has 0 radical (unpaired) electrons. The van der Waals surface area contributed by atoms with Crippen LogP contribution in [0.2, 0.25) is 0 Å². The highest BCUT2D eigenvalue weighted by Gasteiger charge is 2.31. The van der Waals surface area contributed by atoms with E-state index in [2.05, 4.69) is 40.8 Å². The van der Waals surface area contributed by atoms with E-state index in [1.165, 1.54) is 6.33 Å². The minimum absolute atomic E-state index is 0.119. The number of rotatable bonds is 5. The van der Waals surface area contributed by atoms with E-state index in [1.54, 1.807) is 18.5 Å². The predicted octanol–water partition coefficient (Wildman–Crippen LogP) is 4.21. The molecule has 0 aliphatic carbocycles. The first-order valence-corrected chi connectivity index (χ1v) is 11.0. The molecule has 0 N–H and O–H groups in total. The molecule has 4 heterocycles. The number of benzene rings is 1. The second kappa shape index (κ2) is 8.94. The summed E-state index contributed by atoms with van der Waals surface area (Å²) in [6, 6.07) is 13.0. The summed E-state index contributed by atoms with van der Waals surface area (Å²) in [6.07, 6.45) is 4.68. The zero-order chi connectivity index (χ0) is 22.8. The van der Waals surface area contributed by atoms with Gasteiger partial charge in [-0.05, 0) is 30.3 Å². The highest BCUT2D eigenvalue weighted by atomic mass is 79.9. The Kier molecular flexibility index (Phi) is 5.69. The van der Waals surface area contributed by atoms with Crippen LogP contribution in [0.25, 0.3) is 10.9 Å². The number of pyridine rings is 2. The lowest BCUT2D eigenvalue weighted by Crippen LogP contribution is -2.47. The number of hydrogen-bond donors (Lipinski definition) is 0.